The molecule has 1 aromatic rings. The van der Waals surface area contributed by atoms with Crippen LogP contribution in [0.2, 0.25) is 0 Å². The van der Waals surface area contributed by atoms with Gasteiger partial charge in [0, 0.05) is 11.8 Å². The first-order valence-electron chi connectivity index (χ1n) is 7.01. The van der Waals surface area contributed by atoms with Gasteiger partial charge in [-0.1, -0.05) is 25.5 Å². The maximum absolute atomic E-state index is 13.4. The molecule has 0 aliphatic carbocycles. The van der Waals surface area contributed by atoms with Crippen molar-refractivity contribution in [2.24, 2.45) is 0 Å². The normalized spacial score (nSPS) is 14.3. The van der Waals surface area contributed by atoms with Gasteiger partial charge in [-0.2, -0.15) is 0 Å². The fourth-order valence-corrected chi connectivity index (χ4v) is 3.12. The monoisotopic (exact) mass is 285 g/mol. The first kappa shape index (κ1) is 16.3. The summed E-state index contributed by atoms with van der Waals surface area (Å²) in [7, 11) is -1.21. The first-order chi connectivity index (χ1) is 9.15. The summed E-state index contributed by atoms with van der Waals surface area (Å²) in [5.41, 5.74) is 0. The lowest BCUT2D eigenvalue weighted by atomic mass is 10.1. The molecule has 2 nitrogen and oxygen atoms in total. The number of unbranched alkanes of at least 4 members (excludes halogenated alkanes) is 1. The molecule has 0 bridgehead atoms. The Morgan fingerprint density at radius 2 is 2.05 bits per heavy atom. The van der Waals surface area contributed by atoms with E-state index in [2.05, 4.69) is 19.2 Å². The SMILES string of the molecule is CCCNC(C)CCCCS(=O)c1ccccc1F. The highest BCUT2D eigenvalue weighted by Crippen LogP contribution is 2.13. The minimum absolute atomic E-state index is 0.333. The molecule has 1 rings (SSSR count). The van der Waals surface area contributed by atoms with Crippen LogP contribution in [0.4, 0.5) is 4.39 Å². The van der Waals surface area contributed by atoms with Crippen molar-refractivity contribution >= 4 is 10.8 Å². The topological polar surface area (TPSA) is 29.1 Å². The summed E-state index contributed by atoms with van der Waals surface area (Å²) in [5, 5.41) is 3.43. The predicted molar refractivity (Wildman–Crippen MR) is 79.3 cm³/mol. The molecule has 0 aromatic heterocycles. The molecule has 2 atom stereocenters. The Balaban J connectivity index is 2.23. The van der Waals surface area contributed by atoms with Crippen molar-refractivity contribution in [2.75, 3.05) is 12.3 Å². The van der Waals surface area contributed by atoms with Crippen LogP contribution in [0.15, 0.2) is 29.2 Å². The molecule has 19 heavy (non-hydrogen) atoms. The summed E-state index contributed by atoms with van der Waals surface area (Å²) in [6, 6.07) is 6.83. The second-order valence-electron chi connectivity index (χ2n) is 4.83. The van der Waals surface area contributed by atoms with Gasteiger partial charge in [0.2, 0.25) is 0 Å². The molecular weight excluding hydrogens is 261 g/mol. The van der Waals surface area contributed by atoms with E-state index in [1.54, 1.807) is 18.2 Å². The number of nitrogens with one attached hydrogen (secondary N) is 1. The van der Waals surface area contributed by atoms with Gasteiger partial charge < -0.3 is 5.32 Å². The van der Waals surface area contributed by atoms with Crippen LogP contribution in [0.25, 0.3) is 0 Å². The molecule has 0 amide bonds. The molecule has 0 fully saturated rings. The fourth-order valence-electron chi connectivity index (χ4n) is 1.92. The van der Waals surface area contributed by atoms with Crippen LogP contribution in [0.5, 0.6) is 0 Å². The van der Waals surface area contributed by atoms with E-state index in [-0.39, 0.29) is 5.82 Å². The summed E-state index contributed by atoms with van der Waals surface area (Å²) >= 11 is 0. The number of rotatable bonds is 9. The van der Waals surface area contributed by atoms with Crippen molar-refractivity contribution in [1.82, 2.24) is 5.32 Å². The van der Waals surface area contributed by atoms with Gasteiger partial charge in [0.15, 0.2) is 0 Å². The molecular formula is C15H24FNOS. The number of halogens is 1. The molecule has 108 valence electrons. The van der Waals surface area contributed by atoms with Gasteiger partial charge in [-0.25, -0.2) is 4.39 Å². The third-order valence-corrected chi connectivity index (χ3v) is 4.52. The Hall–Kier alpha value is -0.740. The van der Waals surface area contributed by atoms with Gasteiger partial charge in [0.1, 0.15) is 5.82 Å². The van der Waals surface area contributed by atoms with Crippen LogP contribution in [0.1, 0.15) is 39.5 Å². The van der Waals surface area contributed by atoms with E-state index in [9.17, 15) is 8.60 Å². The molecule has 0 radical (unpaired) electrons. The largest absolute Gasteiger partial charge is 0.314 e. The average Bonchev–Trinajstić information content (AvgIpc) is 2.41. The smallest absolute Gasteiger partial charge is 0.139 e. The van der Waals surface area contributed by atoms with Crippen molar-refractivity contribution < 1.29 is 8.60 Å². The zero-order valence-electron chi connectivity index (χ0n) is 11.8. The lowest BCUT2D eigenvalue weighted by Gasteiger charge is -2.12. The molecule has 0 aliphatic rings. The second-order valence-corrected chi connectivity index (χ2v) is 6.37. The van der Waals surface area contributed by atoms with Crippen molar-refractivity contribution in [3.8, 4) is 0 Å². The standard InChI is InChI=1S/C15H24FNOS/c1-3-11-17-13(2)8-6-7-12-19(18)15-10-5-4-9-14(15)16/h4-5,9-10,13,17H,3,6-8,11-12H2,1-2H3. The molecule has 0 saturated carbocycles. The number of hydrogen-bond acceptors (Lipinski definition) is 2. The number of hydrogen-bond donors (Lipinski definition) is 1. The van der Waals surface area contributed by atoms with Gasteiger partial charge in [-0.15, -0.1) is 0 Å². The molecule has 0 aliphatic heterocycles. The lowest BCUT2D eigenvalue weighted by Crippen LogP contribution is -2.26. The quantitative estimate of drug-likeness (QED) is 0.704. The first-order valence-corrected chi connectivity index (χ1v) is 8.33. The zero-order valence-corrected chi connectivity index (χ0v) is 12.6. The summed E-state index contributed by atoms with van der Waals surface area (Å²) < 4.78 is 25.4. The summed E-state index contributed by atoms with van der Waals surface area (Å²) in [5.74, 6) is 0.181. The Kier molecular flexibility index (Phi) is 7.91. The van der Waals surface area contributed by atoms with Crippen molar-refractivity contribution in [1.29, 1.82) is 0 Å². The minimum Gasteiger partial charge on any atom is -0.314 e. The van der Waals surface area contributed by atoms with Crippen LogP contribution < -0.4 is 5.32 Å². The molecule has 0 saturated heterocycles. The maximum Gasteiger partial charge on any atom is 0.139 e. The highest BCUT2D eigenvalue weighted by atomic mass is 32.2. The average molecular weight is 285 g/mol. The van der Waals surface area contributed by atoms with Gasteiger partial charge in [0.25, 0.3) is 0 Å². The third-order valence-electron chi connectivity index (χ3n) is 3.04. The van der Waals surface area contributed by atoms with Gasteiger partial charge in [-0.05, 0) is 44.9 Å². The van der Waals surface area contributed by atoms with Crippen molar-refractivity contribution in [3.63, 3.8) is 0 Å². The summed E-state index contributed by atoms with van der Waals surface area (Å²) in [4.78, 5) is 0.333. The van der Waals surface area contributed by atoms with Crippen LogP contribution in [0, 0.1) is 5.82 Å². The highest BCUT2D eigenvalue weighted by molar-refractivity contribution is 7.85. The fraction of sp³-hybridized carbons (Fsp3) is 0.600. The predicted octanol–water partition coefficient (Wildman–Crippen LogP) is 3.49. The summed E-state index contributed by atoms with van der Waals surface area (Å²) in [6.07, 6.45) is 4.12. The summed E-state index contributed by atoms with van der Waals surface area (Å²) in [6.45, 7) is 5.36. The molecule has 2 unspecified atom stereocenters. The third kappa shape index (κ3) is 6.30. The van der Waals surface area contributed by atoms with E-state index in [0.29, 0.717) is 16.7 Å². The van der Waals surface area contributed by atoms with E-state index in [0.717, 1.165) is 32.2 Å². The van der Waals surface area contributed by atoms with E-state index >= 15 is 0 Å². The molecule has 4 heteroatoms. The molecule has 1 N–H and O–H groups in total. The van der Waals surface area contributed by atoms with E-state index < -0.39 is 10.8 Å². The molecule has 0 heterocycles. The van der Waals surface area contributed by atoms with Gasteiger partial charge in [-0.3, -0.25) is 4.21 Å². The number of benzene rings is 1. The Bertz CT molecular complexity index is 397. The zero-order chi connectivity index (χ0) is 14.1. The molecule has 1 aromatic carbocycles. The van der Waals surface area contributed by atoms with E-state index in [1.807, 2.05) is 0 Å². The highest BCUT2D eigenvalue weighted by Gasteiger charge is 2.09. The van der Waals surface area contributed by atoms with Crippen LogP contribution in [-0.2, 0) is 10.8 Å². The van der Waals surface area contributed by atoms with E-state index in [1.165, 1.54) is 6.07 Å². The van der Waals surface area contributed by atoms with Crippen molar-refractivity contribution in [2.45, 2.75) is 50.5 Å². The Morgan fingerprint density at radius 1 is 1.32 bits per heavy atom. The maximum atomic E-state index is 13.4. The van der Waals surface area contributed by atoms with Crippen LogP contribution in [-0.4, -0.2) is 22.5 Å². The van der Waals surface area contributed by atoms with Crippen LogP contribution >= 0.6 is 0 Å². The lowest BCUT2D eigenvalue weighted by molar-refractivity contribution is 0.495. The van der Waals surface area contributed by atoms with Crippen LogP contribution in [0.3, 0.4) is 0 Å². The Labute approximate surface area is 118 Å². The molecule has 0 spiro atoms. The minimum atomic E-state index is -1.21. The Morgan fingerprint density at radius 3 is 2.74 bits per heavy atom. The van der Waals surface area contributed by atoms with Gasteiger partial charge in [0.05, 0.1) is 15.7 Å². The van der Waals surface area contributed by atoms with Crippen molar-refractivity contribution in [3.05, 3.63) is 30.1 Å². The van der Waals surface area contributed by atoms with Gasteiger partial charge >= 0.3 is 0 Å². The second kappa shape index (κ2) is 9.21. The van der Waals surface area contributed by atoms with E-state index in [4.69, 9.17) is 0 Å².